The van der Waals surface area contributed by atoms with Crippen molar-refractivity contribution in [1.29, 1.82) is 0 Å². The van der Waals surface area contributed by atoms with Gasteiger partial charge in [0, 0.05) is 0 Å². The third-order valence-corrected chi connectivity index (χ3v) is 16.8. The number of allylic oxidation sites excluding steroid dienone is 1. The van der Waals surface area contributed by atoms with E-state index in [1.807, 2.05) is 84.9 Å². The van der Waals surface area contributed by atoms with Crippen LogP contribution in [0.3, 0.4) is 0 Å². The van der Waals surface area contributed by atoms with Gasteiger partial charge >= 0.3 is 275 Å². The van der Waals surface area contributed by atoms with Crippen LogP contribution in [-0.4, -0.2) is 36.5 Å². The van der Waals surface area contributed by atoms with Crippen LogP contribution in [0.4, 0.5) is 0 Å². The molecule has 0 unspecified atom stereocenters. The number of rotatable bonds is 11. The fourth-order valence-corrected chi connectivity index (χ4v) is 14.6. The van der Waals surface area contributed by atoms with E-state index in [9.17, 15) is 14.4 Å². The quantitative estimate of drug-likeness (QED) is 0.0269. The van der Waals surface area contributed by atoms with Crippen molar-refractivity contribution in [2.24, 2.45) is 0 Å². The van der Waals surface area contributed by atoms with E-state index in [4.69, 9.17) is 21.1 Å². The molecule has 0 amide bonds. The average molecular weight is 689 g/mol. The van der Waals surface area contributed by atoms with Crippen LogP contribution in [0, 0.1) is 0 Å². The van der Waals surface area contributed by atoms with Crippen LogP contribution < -0.4 is 20.7 Å². The minimum absolute atomic E-state index is 0.0121. The molecule has 0 N–H and O–H groups in total. The molecule has 7 heteroatoms. The van der Waals surface area contributed by atoms with E-state index in [1.54, 1.807) is 19.1 Å². The van der Waals surface area contributed by atoms with Crippen molar-refractivity contribution in [3.05, 3.63) is 167 Å². The summed E-state index contributed by atoms with van der Waals surface area (Å²) in [6, 6.07) is 45.8. The molecule has 1 aliphatic rings. The number of ketones is 2. The zero-order chi connectivity index (χ0) is 34.3. The Balaban J connectivity index is 1.52. The molecule has 0 bridgehead atoms. The van der Waals surface area contributed by atoms with Crippen LogP contribution in [0.15, 0.2) is 151 Å². The monoisotopic (exact) mass is 688 g/mol. The molecule has 0 radical (unpaired) electrons. The van der Waals surface area contributed by atoms with E-state index >= 15 is 0 Å². The second kappa shape index (κ2) is 14.7. The third kappa shape index (κ3) is 6.49. The molecule has 6 rings (SSSR count). The first-order chi connectivity index (χ1) is 23.9. The molecular weight excluding hydrogens is 651 g/mol. The van der Waals surface area contributed by atoms with Crippen molar-refractivity contribution in [1.82, 2.24) is 0 Å². The molecule has 1 saturated heterocycles. The summed E-state index contributed by atoms with van der Waals surface area (Å²) in [7, 11) is 0. The molecule has 0 aromatic heterocycles. The molecule has 1 heterocycles. The van der Waals surface area contributed by atoms with Gasteiger partial charge < -0.3 is 0 Å². The normalized spacial score (nSPS) is 16.7. The topological polar surface area (TPSA) is 69.7 Å². The molecule has 49 heavy (non-hydrogen) atoms. The second-order valence-electron chi connectivity index (χ2n) is 12.3. The number of carbonyl (C=O) groups excluding carboxylic acids is 3. The number of Topliss-reactive ketones (excluding diaryl/α,β-unsaturated/α-hetero) is 2. The van der Waals surface area contributed by atoms with Crippen molar-refractivity contribution in [2.75, 3.05) is 18.9 Å². The van der Waals surface area contributed by atoms with E-state index in [0.29, 0.717) is 36.9 Å². The Morgan fingerprint density at radius 3 is 1.76 bits per heavy atom. The predicted octanol–water partition coefficient (Wildman–Crippen LogP) is 7.85. The van der Waals surface area contributed by atoms with Crippen LogP contribution in [0.2, 0.25) is 5.02 Å². The summed E-state index contributed by atoms with van der Waals surface area (Å²) in [5, 5.41) is 3.74. The van der Waals surface area contributed by atoms with Crippen molar-refractivity contribution in [2.45, 2.75) is 26.4 Å². The fourth-order valence-electron chi connectivity index (χ4n) is 7.26. The number of benzene rings is 5. The maximum atomic E-state index is 14.6. The number of carbonyl (C=O) groups is 3. The van der Waals surface area contributed by atoms with Crippen molar-refractivity contribution in [3.63, 3.8) is 0 Å². The summed E-state index contributed by atoms with van der Waals surface area (Å²) >= 11 is 6.67. The van der Waals surface area contributed by atoms with Crippen molar-refractivity contribution in [3.8, 4) is 5.75 Å². The summed E-state index contributed by atoms with van der Waals surface area (Å²) < 4.78 is 11.1. The Hall–Kier alpha value is -4.83. The molecule has 0 saturated carbocycles. The van der Waals surface area contributed by atoms with Gasteiger partial charge in [0.1, 0.15) is 0 Å². The van der Waals surface area contributed by atoms with Crippen LogP contribution in [0.5, 0.6) is 5.75 Å². The third-order valence-electron chi connectivity index (χ3n) is 9.51. The summed E-state index contributed by atoms with van der Waals surface area (Å²) in [6.07, 6.45) is 2.48. The molecule has 5 aromatic rings. The van der Waals surface area contributed by atoms with Crippen LogP contribution in [-0.2, 0) is 20.9 Å². The van der Waals surface area contributed by atoms with Gasteiger partial charge in [0.2, 0.25) is 0 Å². The molecule has 0 spiro atoms. The predicted molar refractivity (Wildman–Crippen MR) is 199 cm³/mol. The van der Waals surface area contributed by atoms with Crippen LogP contribution in [0.1, 0.15) is 35.7 Å². The standard InChI is InChI=1S/C42H38ClO5P/c1-2-47-42(46)41(45)39(40(44)32-25-26-38(37(43)28-32)48-29-31-16-7-3-8-17-31)33-18-15-27-49(30-33,34-19-9-4-10-20-34,35-21-11-5-12-22-35)36-23-13-6-14-24-36/h3-14,16-17,19-26,28H,2,15,18,27,29-30H2,1H3/b39-33-. The summed E-state index contributed by atoms with van der Waals surface area (Å²) in [6.45, 7) is -1.43. The van der Waals surface area contributed by atoms with Gasteiger partial charge in [-0.15, -0.1) is 0 Å². The zero-order valence-corrected chi connectivity index (χ0v) is 29.0. The Labute approximate surface area is 292 Å². The SMILES string of the molecule is CCOC(=O)C(=O)/C(C(=O)c1ccc(OCc2ccccc2)c(Cl)c1)=C1/CCCP(c2ccccc2)(c2ccccc2)(c2ccccc2)C1. The van der Waals surface area contributed by atoms with Crippen molar-refractivity contribution < 1.29 is 23.9 Å². The molecule has 248 valence electrons. The molecule has 1 aliphatic heterocycles. The average Bonchev–Trinajstić information content (AvgIpc) is 3.16. The first kappa shape index (κ1) is 34.0. The Morgan fingerprint density at radius 1 is 0.714 bits per heavy atom. The number of esters is 1. The number of hydrogen-bond donors (Lipinski definition) is 0. The van der Waals surface area contributed by atoms with E-state index in [-0.39, 0.29) is 22.8 Å². The van der Waals surface area contributed by atoms with Gasteiger partial charge in [-0.3, -0.25) is 0 Å². The Kier molecular flexibility index (Phi) is 10.2. The number of halogens is 1. The van der Waals surface area contributed by atoms with E-state index in [2.05, 4.69) is 36.4 Å². The Morgan fingerprint density at radius 2 is 1.24 bits per heavy atom. The van der Waals surface area contributed by atoms with Gasteiger partial charge in [0.15, 0.2) is 0 Å². The van der Waals surface area contributed by atoms with E-state index in [1.165, 1.54) is 22.0 Å². The number of ether oxygens (including phenoxy) is 2. The Bertz CT molecular complexity index is 1890. The molecular formula is C42H38ClO5P. The van der Waals surface area contributed by atoms with Crippen LogP contribution in [0.25, 0.3) is 0 Å². The molecule has 5 aromatic carbocycles. The summed E-state index contributed by atoms with van der Waals surface area (Å²) in [4.78, 5) is 41.8. The van der Waals surface area contributed by atoms with Gasteiger partial charge in [-0.1, -0.05) is 18.2 Å². The zero-order valence-electron chi connectivity index (χ0n) is 27.4. The minimum atomic E-state index is -3.39. The maximum absolute atomic E-state index is 14.6. The van der Waals surface area contributed by atoms with Gasteiger partial charge in [0.05, 0.1) is 0 Å². The molecule has 1 fully saturated rings. The van der Waals surface area contributed by atoms with Gasteiger partial charge in [-0.25, -0.2) is 0 Å². The van der Waals surface area contributed by atoms with Gasteiger partial charge in [-0.05, 0) is 0 Å². The summed E-state index contributed by atoms with van der Waals surface area (Å²) in [5.74, 6) is -2.13. The van der Waals surface area contributed by atoms with E-state index in [0.717, 1.165) is 11.7 Å². The van der Waals surface area contributed by atoms with Gasteiger partial charge in [0.25, 0.3) is 0 Å². The first-order valence-corrected chi connectivity index (χ1v) is 19.5. The van der Waals surface area contributed by atoms with Crippen LogP contribution >= 0.6 is 18.2 Å². The molecule has 0 aliphatic carbocycles. The second-order valence-corrected chi connectivity index (χ2v) is 18.0. The van der Waals surface area contributed by atoms with E-state index < -0.39 is 24.1 Å². The molecule has 5 nitrogen and oxygen atoms in total. The fraction of sp³-hybridized carbons (Fsp3) is 0.167. The summed E-state index contributed by atoms with van der Waals surface area (Å²) in [5.41, 5.74) is 1.69. The van der Waals surface area contributed by atoms with Gasteiger partial charge in [-0.2, -0.15) is 0 Å². The first-order valence-electron chi connectivity index (χ1n) is 16.5. The van der Waals surface area contributed by atoms with Crippen molar-refractivity contribution >= 4 is 51.7 Å². The number of hydrogen-bond acceptors (Lipinski definition) is 5. The molecule has 0 atom stereocenters.